The SMILES string of the molecule is c1ccc(C(OCCCCC2CCc3ccccc3C2)c2ccncc2)cc1. The second-order valence-corrected chi connectivity index (χ2v) is 7.82. The molecule has 0 saturated carbocycles. The van der Waals surface area contributed by atoms with Crippen LogP contribution in [-0.4, -0.2) is 11.6 Å². The lowest BCUT2D eigenvalue weighted by molar-refractivity contribution is 0.0760. The van der Waals surface area contributed by atoms with Crippen LogP contribution in [0.1, 0.15) is 54.0 Å². The van der Waals surface area contributed by atoms with E-state index in [1.165, 1.54) is 43.2 Å². The third kappa shape index (κ3) is 4.88. The Morgan fingerprint density at radius 1 is 0.821 bits per heavy atom. The Labute approximate surface area is 168 Å². The molecule has 2 aromatic carbocycles. The molecule has 0 saturated heterocycles. The third-order valence-electron chi connectivity index (χ3n) is 5.85. The number of unbranched alkanes of at least 4 members (excludes halogenated alkanes) is 1. The molecule has 0 spiro atoms. The number of aromatic nitrogens is 1. The van der Waals surface area contributed by atoms with Gasteiger partial charge in [0.2, 0.25) is 0 Å². The molecule has 2 atom stereocenters. The highest BCUT2D eigenvalue weighted by atomic mass is 16.5. The van der Waals surface area contributed by atoms with Gasteiger partial charge in [0.15, 0.2) is 0 Å². The van der Waals surface area contributed by atoms with E-state index in [9.17, 15) is 0 Å². The first-order chi connectivity index (χ1) is 13.9. The van der Waals surface area contributed by atoms with Crippen molar-refractivity contribution in [1.82, 2.24) is 4.98 Å². The van der Waals surface area contributed by atoms with Crippen LogP contribution in [0.2, 0.25) is 0 Å². The molecule has 2 heteroatoms. The van der Waals surface area contributed by atoms with Crippen molar-refractivity contribution in [2.24, 2.45) is 5.92 Å². The fraction of sp³-hybridized carbons (Fsp3) is 0.346. The summed E-state index contributed by atoms with van der Waals surface area (Å²) in [5, 5.41) is 0. The summed E-state index contributed by atoms with van der Waals surface area (Å²) < 4.78 is 6.33. The molecule has 1 aliphatic rings. The first kappa shape index (κ1) is 18.9. The smallest absolute Gasteiger partial charge is 0.108 e. The molecular weight excluding hydrogens is 342 g/mol. The van der Waals surface area contributed by atoms with E-state index in [0.29, 0.717) is 0 Å². The fourth-order valence-electron chi connectivity index (χ4n) is 4.31. The van der Waals surface area contributed by atoms with Gasteiger partial charge < -0.3 is 4.74 Å². The maximum Gasteiger partial charge on any atom is 0.108 e. The number of nitrogens with zero attached hydrogens (tertiary/aromatic N) is 1. The maximum absolute atomic E-state index is 6.33. The van der Waals surface area contributed by atoms with E-state index in [0.717, 1.165) is 18.9 Å². The second kappa shape index (κ2) is 9.66. The minimum absolute atomic E-state index is 0.00856. The van der Waals surface area contributed by atoms with Crippen molar-refractivity contribution >= 4 is 0 Å². The number of rotatable bonds is 8. The third-order valence-corrected chi connectivity index (χ3v) is 5.85. The summed E-state index contributed by atoms with van der Waals surface area (Å²) in [6, 6.07) is 23.5. The molecule has 1 aliphatic carbocycles. The van der Waals surface area contributed by atoms with E-state index in [1.807, 2.05) is 12.4 Å². The van der Waals surface area contributed by atoms with E-state index >= 15 is 0 Å². The monoisotopic (exact) mass is 371 g/mol. The Balaban J connectivity index is 1.26. The summed E-state index contributed by atoms with van der Waals surface area (Å²) in [6.07, 6.45) is 11.2. The van der Waals surface area contributed by atoms with E-state index < -0.39 is 0 Å². The number of aryl methyl sites for hydroxylation is 1. The Morgan fingerprint density at radius 3 is 2.36 bits per heavy atom. The van der Waals surface area contributed by atoms with Crippen LogP contribution < -0.4 is 0 Å². The van der Waals surface area contributed by atoms with Crippen molar-refractivity contribution in [2.75, 3.05) is 6.61 Å². The van der Waals surface area contributed by atoms with Crippen molar-refractivity contribution < 1.29 is 4.74 Å². The van der Waals surface area contributed by atoms with Gasteiger partial charge in [0.05, 0.1) is 0 Å². The number of hydrogen-bond acceptors (Lipinski definition) is 2. The van der Waals surface area contributed by atoms with Crippen LogP contribution in [0.3, 0.4) is 0 Å². The van der Waals surface area contributed by atoms with Crippen molar-refractivity contribution in [3.8, 4) is 0 Å². The summed E-state index contributed by atoms with van der Waals surface area (Å²) in [5.74, 6) is 0.833. The minimum atomic E-state index is -0.00856. The molecule has 4 rings (SSSR count). The number of pyridine rings is 1. The zero-order valence-electron chi connectivity index (χ0n) is 16.5. The van der Waals surface area contributed by atoms with Gasteiger partial charge in [-0.15, -0.1) is 0 Å². The van der Waals surface area contributed by atoms with Crippen LogP contribution in [0.5, 0.6) is 0 Å². The average Bonchev–Trinajstić information content (AvgIpc) is 2.77. The van der Waals surface area contributed by atoms with Gasteiger partial charge in [-0.3, -0.25) is 4.98 Å². The zero-order chi connectivity index (χ0) is 19.0. The molecule has 2 unspecified atom stereocenters. The molecular formula is C26H29NO. The Bertz CT molecular complexity index is 807. The van der Waals surface area contributed by atoms with E-state index in [4.69, 9.17) is 4.74 Å². The molecule has 0 radical (unpaired) electrons. The molecule has 2 nitrogen and oxygen atoms in total. The lowest BCUT2D eigenvalue weighted by atomic mass is 9.81. The normalized spacial score (nSPS) is 17.1. The number of ether oxygens (including phenoxy) is 1. The fourth-order valence-corrected chi connectivity index (χ4v) is 4.31. The van der Waals surface area contributed by atoms with Crippen molar-refractivity contribution in [2.45, 2.75) is 44.6 Å². The highest BCUT2D eigenvalue weighted by molar-refractivity contribution is 5.30. The molecule has 1 aromatic heterocycles. The molecule has 0 N–H and O–H groups in total. The van der Waals surface area contributed by atoms with Crippen molar-refractivity contribution in [1.29, 1.82) is 0 Å². The van der Waals surface area contributed by atoms with Crippen LogP contribution in [0.25, 0.3) is 0 Å². The Hall–Kier alpha value is -2.45. The summed E-state index contributed by atoms with van der Waals surface area (Å²) in [6.45, 7) is 0.797. The van der Waals surface area contributed by atoms with Gasteiger partial charge in [-0.1, -0.05) is 67.4 Å². The summed E-state index contributed by atoms with van der Waals surface area (Å²) in [5.41, 5.74) is 5.50. The standard InChI is InChI=1S/C26H29NO/c1-2-10-23(11-3-1)26(24-15-17-27-18-16-24)28-19-7-6-8-21-13-14-22-9-4-5-12-25(22)20-21/h1-5,9-12,15-18,21,26H,6-8,13-14,19-20H2. The Morgan fingerprint density at radius 2 is 1.54 bits per heavy atom. The number of fused-ring (bicyclic) bond motifs is 1. The van der Waals surface area contributed by atoms with Gasteiger partial charge in [0, 0.05) is 19.0 Å². The lowest BCUT2D eigenvalue weighted by Crippen LogP contribution is -2.14. The highest BCUT2D eigenvalue weighted by Crippen LogP contribution is 2.29. The van der Waals surface area contributed by atoms with Gasteiger partial charge in [-0.2, -0.15) is 0 Å². The second-order valence-electron chi connectivity index (χ2n) is 7.82. The van der Waals surface area contributed by atoms with E-state index in [-0.39, 0.29) is 6.10 Å². The van der Waals surface area contributed by atoms with E-state index in [2.05, 4.69) is 71.7 Å². The van der Waals surface area contributed by atoms with Gasteiger partial charge in [0.25, 0.3) is 0 Å². The lowest BCUT2D eigenvalue weighted by Gasteiger charge is -2.24. The number of hydrogen-bond donors (Lipinski definition) is 0. The first-order valence-electron chi connectivity index (χ1n) is 10.5. The molecule has 1 heterocycles. The molecule has 0 bridgehead atoms. The minimum Gasteiger partial charge on any atom is -0.369 e. The predicted octanol–water partition coefficient (Wildman–Crippen LogP) is 6.16. The summed E-state index contributed by atoms with van der Waals surface area (Å²) in [4.78, 5) is 4.14. The molecule has 144 valence electrons. The van der Waals surface area contributed by atoms with Crippen LogP contribution in [0.4, 0.5) is 0 Å². The molecule has 3 aromatic rings. The average molecular weight is 372 g/mol. The van der Waals surface area contributed by atoms with Crippen LogP contribution >= 0.6 is 0 Å². The molecule has 0 fully saturated rings. The summed E-state index contributed by atoms with van der Waals surface area (Å²) in [7, 11) is 0. The number of benzene rings is 2. The maximum atomic E-state index is 6.33. The first-order valence-corrected chi connectivity index (χ1v) is 10.5. The Kier molecular flexibility index (Phi) is 6.52. The highest BCUT2D eigenvalue weighted by Gasteiger charge is 2.18. The largest absolute Gasteiger partial charge is 0.369 e. The predicted molar refractivity (Wildman–Crippen MR) is 114 cm³/mol. The topological polar surface area (TPSA) is 22.1 Å². The quantitative estimate of drug-likeness (QED) is 0.442. The summed E-state index contributed by atoms with van der Waals surface area (Å²) >= 11 is 0. The van der Waals surface area contributed by atoms with E-state index in [1.54, 1.807) is 11.1 Å². The molecule has 28 heavy (non-hydrogen) atoms. The zero-order valence-corrected chi connectivity index (χ0v) is 16.5. The van der Waals surface area contributed by atoms with Crippen molar-refractivity contribution in [3.05, 3.63) is 101 Å². The van der Waals surface area contributed by atoms with Gasteiger partial charge >= 0.3 is 0 Å². The van der Waals surface area contributed by atoms with Gasteiger partial charge in [0.1, 0.15) is 6.10 Å². The van der Waals surface area contributed by atoms with Crippen LogP contribution in [0.15, 0.2) is 79.1 Å². The van der Waals surface area contributed by atoms with Crippen LogP contribution in [0, 0.1) is 5.92 Å². The molecule has 0 aliphatic heterocycles. The van der Waals surface area contributed by atoms with Gasteiger partial charge in [-0.05, 0) is 66.0 Å². The molecule has 0 amide bonds. The van der Waals surface area contributed by atoms with Crippen molar-refractivity contribution in [3.63, 3.8) is 0 Å². The van der Waals surface area contributed by atoms with Crippen LogP contribution in [-0.2, 0) is 17.6 Å². The van der Waals surface area contributed by atoms with Gasteiger partial charge in [-0.25, -0.2) is 0 Å².